The number of halogens is 2. The van der Waals surface area contributed by atoms with Crippen LogP contribution >= 0.6 is 0 Å². The largest absolute Gasteiger partial charge is 0.361 e. The van der Waals surface area contributed by atoms with Gasteiger partial charge >= 0.3 is 0 Å². The average Bonchev–Trinajstić information content (AvgIpc) is 3.26. The van der Waals surface area contributed by atoms with Crippen molar-refractivity contribution in [3.05, 3.63) is 45.6 Å². The summed E-state index contributed by atoms with van der Waals surface area (Å²) < 4.78 is 34.2. The van der Waals surface area contributed by atoms with Gasteiger partial charge in [0.2, 0.25) is 0 Å². The van der Waals surface area contributed by atoms with Crippen LogP contribution in [0.4, 0.5) is 8.78 Å². The van der Waals surface area contributed by atoms with Crippen LogP contribution in [-0.4, -0.2) is 39.2 Å². The molecular formula is C19H20F2N4O2. The molecule has 0 spiro atoms. The number of fused-ring (bicyclic) bond motifs is 1. The van der Waals surface area contributed by atoms with Gasteiger partial charge in [-0.2, -0.15) is 0 Å². The molecule has 2 aromatic heterocycles. The van der Waals surface area contributed by atoms with Gasteiger partial charge in [-0.3, -0.25) is 9.36 Å². The van der Waals surface area contributed by atoms with E-state index in [0.717, 1.165) is 38.1 Å². The van der Waals surface area contributed by atoms with E-state index in [4.69, 9.17) is 4.52 Å². The third-order valence-electron chi connectivity index (χ3n) is 5.09. The van der Waals surface area contributed by atoms with Gasteiger partial charge in [0.05, 0.1) is 22.2 Å². The minimum absolute atomic E-state index is 0.0610. The predicted molar refractivity (Wildman–Crippen MR) is 96.6 cm³/mol. The molecule has 1 aliphatic heterocycles. The third kappa shape index (κ3) is 3.14. The lowest BCUT2D eigenvalue weighted by Crippen LogP contribution is -2.31. The summed E-state index contributed by atoms with van der Waals surface area (Å²) in [6.45, 7) is 6.58. The van der Waals surface area contributed by atoms with Crippen LogP contribution in [0.2, 0.25) is 0 Å². The van der Waals surface area contributed by atoms with Gasteiger partial charge in [-0.15, -0.1) is 0 Å². The van der Waals surface area contributed by atoms with Crippen LogP contribution in [0.3, 0.4) is 0 Å². The molecule has 1 aliphatic rings. The van der Waals surface area contributed by atoms with Gasteiger partial charge in [0.15, 0.2) is 11.6 Å². The van der Waals surface area contributed by atoms with E-state index in [9.17, 15) is 13.6 Å². The Balaban J connectivity index is 1.91. The van der Waals surface area contributed by atoms with E-state index in [1.807, 2.05) is 0 Å². The summed E-state index contributed by atoms with van der Waals surface area (Å²) in [5.74, 6) is -1.20. The Bertz CT molecular complexity index is 1050. The smallest absolute Gasteiger partial charge is 0.261 e. The fourth-order valence-electron chi connectivity index (χ4n) is 3.66. The number of aromatic nitrogens is 3. The van der Waals surface area contributed by atoms with Crippen LogP contribution in [-0.2, 0) is 6.54 Å². The lowest BCUT2D eigenvalue weighted by atomic mass is 10.1. The highest BCUT2D eigenvalue weighted by Gasteiger charge is 2.22. The maximum absolute atomic E-state index is 13.7. The van der Waals surface area contributed by atoms with E-state index in [2.05, 4.69) is 15.0 Å². The van der Waals surface area contributed by atoms with Gasteiger partial charge in [-0.05, 0) is 45.8 Å². The lowest BCUT2D eigenvalue weighted by Gasteiger charge is -2.18. The molecule has 1 saturated heterocycles. The third-order valence-corrected chi connectivity index (χ3v) is 5.09. The Labute approximate surface area is 154 Å². The zero-order valence-electron chi connectivity index (χ0n) is 15.3. The Morgan fingerprint density at radius 3 is 2.48 bits per heavy atom. The first-order chi connectivity index (χ1) is 13.0. The summed E-state index contributed by atoms with van der Waals surface area (Å²) in [5, 5.41) is 4.00. The van der Waals surface area contributed by atoms with Gasteiger partial charge in [0, 0.05) is 19.2 Å². The van der Waals surface area contributed by atoms with E-state index in [0.29, 0.717) is 35.9 Å². The Hall–Kier alpha value is -2.61. The maximum atomic E-state index is 13.7. The van der Waals surface area contributed by atoms with E-state index < -0.39 is 17.2 Å². The lowest BCUT2D eigenvalue weighted by molar-refractivity contribution is 0.321. The molecule has 0 bridgehead atoms. The zero-order chi connectivity index (χ0) is 19.1. The van der Waals surface area contributed by atoms with Gasteiger partial charge in [0.25, 0.3) is 5.56 Å². The SMILES string of the molecule is Cc1noc(C)c1-c1nc2cc(F)c(F)cc2c(=O)n1CCN1CCCC1. The predicted octanol–water partition coefficient (Wildman–Crippen LogP) is 3.04. The van der Waals surface area contributed by atoms with Crippen molar-refractivity contribution in [2.75, 3.05) is 19.6 Å². The van der Waals surface area contributed by atoms with Gasteiger partial charge < -0.3 is 9.42 Å². The molecule has 0 unspecified atom stereocenters. The first kappa shape index (κ1) is 17.8. The molecule has 1 fully saturated rings. The molecule has 142 valence electrons. The Morgan fingerprint density at radius 2 is 1.81 bits per heavy atom. The van der Waals surface area contributed by atoms with Crippen LogP contribution < -0.4 is 5.56 Å². The van der Waals surface area contributed by atoms with Crippen molar-refractivity contribution in [3.63, 3.8) is 0 Å². The second kappa shape index (κ2) is 6.84. The van der Waals surface area contributed by atoms with Crippen molar-refractivity contribution < 1.29 is 13.3 Å². The number of hydrogen-bond acceptors (Lipinski definition) is 5. The first-order valence-electron chi connectivity index (χ1n) is 9.01. The van der Waals surface area contributed by atoms with Crippen LogP contribution in [0.1, 0.15) is 24.3 Å². The molecule has 0 aliphatic carbocycles. The molecule has 0 amide bonds. The molecule has 0 atom stereocenters. The minimum Gasteiger partial charge on any atom is -0.361 e. The summed E-state index contributed by atoms with van der Waals surface area (Å²) in [5.41, 5.74) is 0.927. The standard InChI is InChI=1S/C19H20F2N4O2/c1-11-17(12(2)27-23-11)18-22-16-10-15(21)14(20)9-13(16)19(26)25(18)8-7-24-5-3-4-6-24/h9-10H,3-8H2,1-2H3. The number of likely N-dealkylation sites (tertiary alicyclic amines) is 1. The highest BCUT2D eigenvalue weighted by molar-refractivity contribution is 5.80. The monoisotopic (exact) mass is 374 g/mol. The molecule has 0 saturated carbocycles. The summed E-state index contributed by atoms with van der Waals surface area (Å²) in [7, 11) is 0. The van der Waals surface area contributed by atoms with Gasteiger partial charge in [0.1, 0.15) is 11.6 Å². The number of nitrogens with zero attached hydrogens (tertiary/aromatic N) is 4. The maximum Gasteiger partial charge on any atom is 0.261 e. The van der Waals surface area contributed by atoms with Crippen molar-refractivity contribution in [1.29, 1.82) is 0 Å². The second-order valence-electron chi connectivity index (χ2n) is 6.92. The Kier molecular flexibility index (Phi) is 4.51. The molecule has 0 radical (unpaired) electrons. The number of benzene rings is 1. The summed E-state index contributed by atoms with van der Waals surface area (Å²) >= 11 is 0. The normalized spacial score (nSPS) is 15.1. The van der Waals surface area contributed by atoms with Gasteiger partial charge in [-0.25, -0.2) is 13.8 Å². The second-order valence-corrected chi connectivity index (χ2v) is 6.92. The molecular weight excluding hydrogens is 354 g/mol. The van der Waals surface area contributed by atoms with E-state index in [-0.39, 0.29) is 10.9 Å². The van der Waals surface area contributed by atoms with Crippen LogP contribution in [0.15, 0.2) is 21.5 Å². The summed E-state index contributed by atoms with van der Waals surface area (Å²) in [4.78, 5) is 19.9. The molecule has 0 N–H and O–H groups in total. The van der Waals surface area contributed by atoms with Crippen LogP contribution in [0.5, 0.6) is 0 Å². The number of aryl methyl sites for hydroxylation is 2. The summed E-state index contributed by atoms with van der Waals surface area (Å²) in [6.07, 6.45) is 2.29. The van der Waals surface area contributed by atoms with Crippen molar-refractivity contribution in [2.24, 2.45) is 0 Å². The van der Waals surface area contributed by atoms with Crippen molar-refractivity contribution in [1.82, 2.24) is 19.6 Å². The average molecular weight is 374 g/mol. The number of hydrogen-bond donors (Lipinski definition) is 0. The molecule has 6 nitrogen and oxygen atoms in total. The fraction of sp³-hybridized carbons (Fsp3) is 0.421. The van der Waals surface area contributed by atoms with E-state index in [1.165, 1.54) is 4.57 Å². The van der Waals surface area contributed by atoms with E-state index >= 15 is 0 Å². The highest BCUT2D eigenvalue weighted by Crippen LogP contribution is 2.26. The molecule has 1 aromatic carbocycles. The molecule has 27 heavy (non-hydrogen) atoms. The molecule has 3 heterocycles. The van der Waals surface area contributed by atoms with Gasteiger partial charge in [-0.1, -0.05) is 5.16 Å². The quantitative estimate of drug-likeness (QED) is 0.702. The van der Waals surface area contributed by atoms with Crippen LogP contribution in [0.25, 0.3) is 22.3 Å². The van der Waals surface area contributed by atoms with E-state index in [1.54, 1.807) is 13.8 Å². The highest BCUT2D eigenvalue weighted by atomic mass is 19.2. The molecule has 3 aromatic rings. The fourth-order valence-corrected chi connectivity index (χ4v) is 3.66. The van der Waals surface area contributed by atoms with Crippen LogP contribution in [0, 0.1) is 25.5 Å². The van der Waals surface area contributed by atoms with Crippen molar-refractivity contribution in [3.8, 4) is 11.4 Å². The number of rotatable bonds is 4. The first-order valence-corrected chi connectivity index (χ1v) is 9.01. The topological polar surface area (TPSA) is 64.2 Å². The Morgan fingerprint density at radius 1 is 1.11 bits per heavy atom. The van der Waals surface area contributed by atoms with Crippen molar-refractivity contribution >= 4 is 10.9 Å². The molecule has 8 heteroatoms. The minimum atomic E-state index is -1.06. The molecule has 4 rings (SSSR count). The zero-order valence-corrected chi connectivity index (χ0v) is 15.3. The van der Waals surface area contributed by atoms with Crippen molar-refractivity contribution in [2.45, 2.75) is 33.2 Å². The summed E-state index contributed by atoms with van der Waals surface area (Å²) in [6, 6.07) is 1.88.